The molecule has 0 aliphatic carbocycles. The van der Waals surface area contributed by atoms with Crippen molar-refractivity contribution in [3.8, 4) is 11.5 Å². The van der Waals surface area contributed by atoms with Crippen LogP contribution in [0.5, 0.6) is 11.5 Å². The van der Waals surface area contributed by atoms with Crippen molar-refractivity contribution in [2.45, 2.75) is 19.9 Å². The number of fused-ring (bicyclic) bond motifs is 1. The molecule has 1 aromatic heterocycles. The average Bonchev–Trinajstić information content (AvgIpc) is 3.08. The summed E-state index contributed by atoms with van der Waals surface area (Å²) in [5.74, 6) is 0.620. The maximum Gasteiger partial charge on any atom is 0.307 e. The first kappa shape index (κ1) is 20.6. The van der Waals surface area contributed by atoms with Crippen LogP contribution in [0.25, 0.3) is 10.2 Å². The van der Waals surface area contributed by atoms with Crippen LogP contribution in [0.3, 0.4) is 0 Å². The number of carbonyl (C=O) groups excluding carboxylic acids is 2. The van der Waals surface area contributed by atoms with Gasteiger partial charge in [-0.3, -0.25) is 9.59 Å². The van der Waals surface area contributed by atoms with Gasteiger partial charge >= 0.3 is 5.97 Å². The van der Waals surface area contributed by atoms with Crippen LogP contribution in [0, 0.1) is 0 Å². The molecule has 0 N–H and O–H groups in total. The molecule has 0 saturated carbocycles. The number of amides is 1. The Bertz CT molecular complexity index is 1100. The third kappa shape index (κ3) is 4.83. The Morgan fingerprint density at radius 1 is 1.07 bits per heavy atom. The van der Waals surface area contributed by atoms with Crippen LogP contribution < -0.4 is 14.3 Å². The first-order valence-corrected chi connectivity index (χ1v) is 9.93. The lowest BCUT2D eigenvalue weighted by Gasteiger charge is -2.06. The van der Waals surface area contributed by atoms with Crippen molar-refractivity contribution in [3.05, 3.63) is 52.8 Å². The molecule has 0 saturated heterocycles. The van der Waals surface area contributed by atoms with Crippen molar-refractivity contribution >= 4 is 33.4 Å². The van der Waals surface area contributed by atoms with Crippen LogP contribution in [0.15, 0.2) is 47.5 Å². The first-order valence-electron chi connectivity index (χ1n) is 9.11. The third-order valence-corrected chi connectivity index (χ3v) is 5.29. The zero-order valence-electron chi connectivity index (χ0n) is 16.5. The standard InChI is InChI=1S/C21H22N2O5S/c1-4-28-19(24)10-11-23-17-9-8-16(27-3)13-18(17)29-21(23)22-20(25)14-6-5-7-15(12-14)26-2/h5-9,12-13H,4,10-11H2,1-3H3. The van der Waals surface area contributed by atoms with E-state index in [1.165, 1.54) is 11.3 Å². The fraction of sp³-hybridized carbons (Fsp3) is 0.286. The topological polar surface area (TPSA) is 79.1 Å². The summed E-state index contributed by atoms with van der Waals surface area (Å²) >= 11 is 1.36. The lowest BCUT2D eigenvalue weighted by Crippen LogP contribution is -2.19. The molecule has 0 spiro atoms. The molecule has 1 amide bonds. The number of esters is 1. The predicted molar refractivity (Wildman–Crippen MR) is 111 cm³/mol. The van der Waals surface area contributed by atoms with Gasteiger partial charge in [-0.2, -0.15) is 4.99 Å². The van der Waals surface area contributed by atoms with Gasteiger partial charge in [-0.25, -0.2) is 0 Å². The number of nitrogens with zero attached hydrogens (tertiary/aromatic N) is 2. The van der Waals surface area contributed by atoms with E-state index in [1.54, 1.807) is 45.4 Å². The minimum absolute atomic E-state index is 0.187. The predicted octanol–water partition coefficient (Wildman–Crippen LogP) is 3.41. The van der Waals surface area contributed by atoms with E-state index in [4.69, 9.17) is 14.2 Å². The minimum atomic E-state index is -0.382. The van der Waals surface area contributed by atoms with Crippen LogP contribution >= 0.6 is 11.3 Å². The molecule has 152 valence electrons. The van der Waals surface area contributed by atoms with Gasteiger partial charge in [0.2, 0.25) is 0 Å². The van der Waals surface area contributed by atoms with Gasteiger partial charge in [-0.15, -0.1) is 0 Å². The van der Waals surface area contributed by atoms with E-state index in [9.17, 15) is 9.59 Å². The summed E-state index contributed by atoms with van der Waals surface area (Å²) in [6, 6.07) is 12.5. The summed E-state index contributed by atoms with van der Waals surface area (Å²) in [5.41, 5.74) is 1.30. The fourth-order valence-electron chi connectivity index (χ4n) is 2.83. The molecule has 0 fully saturated rings. The molecule has 0 atom stereocenters. The van der Waals surface area contributed by atoms with E-state index in [1.807, 2.05) is 22.8 Å². The van der Waals surface area contributed by atoms with E-state index >= 15 is 0 Å². The molecule has 3 rings (SSSR count). The van der Waals surface area contributed by atoms with Crippen LogP contribution in [0.2, 0.25) is 0 Å². The van der Waals surface area contributed by atoms with Crippen molar-refractivity contribution < 1.29 is 23.8 Å². The molecule has 7 nitrogen and oxygen atoms in total. The summed E-state index contributed by atoms with van der Waals surface area (Å²) in [7, 11) is 3.14. The monoisotopic (exact) mass is 414 g/mol. The Hall–Kier alpha value is -3.13. The highest BCUT2D eigenvalue weighted by atomic mass is 32.1. The number of hydrogen-bond donors (Lipinski definition) is 0. The van der Waals surface area contributed by atoms with E-state index < -0.39 is 0 Å². The maximum absolute atomic E-state index is 12.7. The van der Waals surface area contributed by atoms with Crippen LogP contribution in [-0.2, 0) is 16.1 Å². The van der Waals surface area contributed by atoms with E-state index in [0.29, 0.717) is 35.0 Å². The fourth-order valence-corrected chi connectivity index (χ4v) is 3.91. The average molecular weight is 414 g/mol. The van der Waals surface area contributed by atoms with E-state index in [-0.39, 0.29) is 18.3 Å². The second-order valence-electron chi connectivity index (χ2n) is 6.07. The van der Waals surface area contributed by atoms with Gasteiger partial charge in [0.25, 0.3) is 5.91 Å². The molecule has 0 radical (unpaired) electrons. The molecular weight excluding hydrogens is 392 g/mol. The number of ether oxygens (including phenoxy) is 3. The van der Waals surface area contributed by atoms with Gasteiger partial charge in [-0.05, 0) is 43.3 Å². The number of thiazole rings is 1. The SMILES string of the molecule is CCOC(=O)CCn1c(=NC(=O)c2cccc(OC)c2)sc2cc(OC)ccc21. The molecule has 3 aromatic rings. The van der Waals surface area contributed by atoms with Gasteiger partial charge in [0.1, 0.15) is 11.5 Å². The van der Waals surface area contributed by atoms with Crippen molar-refractivity contribution in [1.29, 1.82) is 0 Å². The van der Waals surface area contributed by atoms with Gasteiger partial charge in [0.05, 0.1) is 37.5 Å². The number of methoxy groups -OCH3 is 2. The number of rotatable bonds is 7. The molecule has 0 unspecified atom stereocenters. The van der Waals surface area contributed by atoms with Crippen molar-refractivity contribution in [2.75, 3.05) is 20.8 Å². The lowest BCUT2D eigenvalue weighted by atomic mass is 10.2. The van der Waals surface area contributed by atoms with Gasteiger partial charge < -0.3 is 18.8 Å². The Balaban J connectivity index is 2.04. The first-order chi connectivity index (χ1) is 14.0. The summed E-state index contributed by atoms with van der Waals surface area (Å²) in [5, 5.41) is 0. The summed E-state index contributed by atoms with van der Waals surface area (Å²) in [6.07, 6.45) is 0.187. The highest BCUT2D eigenvalue weighted by Gasteiger charge is 2.12. The van der Waals surface area contributed by atoms with Gasteiger partial charge in [0.15, 0.2) is 4.80 Å². The maximum atomic E-state index is 12.7. The smallest absolute Gasteiger partial charge is 0.307 e. The second kappa shape index (κ2) is 9.38. The lowest BCUT2D eigenvalue weighted by molar-refractivity contribution is -0.143. The van der Waals surface area contributed by atoms with E-state index in [2.05, 4.69) is 4.99 Å². The Labute approximate surface area is 172 Å². The molecule has 8 heteroatoms. The van der Waals surface area contributed by atoms with Crippen LogP contribution in [0.4, 0.5) is 0 Å². The molecule has 0 aliphatic rings. The zero-order chi connectivity index (χ0) is 20.8. The Morgan fingerprint density at radius 3 is 2.55 bits per heavy atom. The zero-order valence-corrected chi connectivity index (χ0v) is 17.3. The Morgan fingerprint density at radius 2 is 1.83 bits per heavy atom. The molecule has 2 aromatic carbocycles. The van der Waals surface area contributed by atoms with Gasteiger partial charge in [-0.1, -0.05) is 17.4 Å². The van der Waals surface area contributed by atoms with Crippen molar-refractivity contribution in [2.24, 2.45) is 4.99 Å². The molecule has 1 heterocycles. The molecule has 0 bridgehead atoms. The number of hydrogen-bond acceptors (Lipinski definition) is 6. The summed E-state index contributed by atoms with van der Waals surface area (Å²) in [4.78, 5) is 29.4. The number of carbonyl (C=O) groups is 2. The van der Waals surface area contributed by atoms with E-state index in [0.717, 1.165) is 10.2 Å². The van der Waals surface area contributed by atoms with Crippen molar-refractivity contribution in [3.63, 3.8) is 0 Å². The summed E-state index contributed by atoms with van der Waals surface area (Å²) < 4.78 is 18.3. The highest BCUT2D eigenvalue weighted by Crippen LogP contribution is 2.23. The quantitative estimate of drug-likeness (QED) is 0.554. The summed E-state index contributed by atoms with van der Waals surface area (Å²) in [6.45, 7) is 2.46. The molecule has 29 heavy (non-hydrogen) atoms. The van der Waals surface area contributed by atoms with Gasteiger partial charge in [0, 0.05) is 12.1 Å². The largest absolute Gasteiger partial charge is 0.497 e. The molecular formula is C21H22N2O5S. The second-order valence-corrected chi connectivity index (χ2v) is 7.08. The minimum Gasteiger partial charge on any atom is -0.497 e. The Kier molecular flexibility index (Phi) is 6.66. The normalized spacial score (nSPS) is 11.5. The highest BCUT2D eigenvalue weighted by molar-refractivity contribution is 7.16. The van der Waals surface area contributed by atoms with Crippen LogP contribution in [-0.4, -0.2) is 37.3 Å². The van der Waals surface area contributed by atoms with Crippen molar-refractivity contribution in [1.82, 2.24) is 4.57 Å². The number of aryl methyl sites for hydroxylation is 1. The van der Waals surface area contributed by atoms with Crippen LogP contribution in [0.1, 0.15) is 23.7 Å². The third-order valence-electron chi connectivity index (χ3n) is 4.25. The number of benzene rings is 2. The number of aromatic nitrogens is 1. The molecule has 0 aliphatic heterocycles.